The van der Waals surface area contributed by atoms with Gasteiger partial charge < -0.3 is 14.5 Å². The van der Waals surface area contributed by atoms with Crippen molar-refractivity contribution >= 4 is 22.6 Å². The van der Waals surface area contributed by atoms with E-state index in [4.69, 9.17) is 4.74 Å². The molecule has 1 atom stereocenters. The van der Waals surface area contributed by atoms with Crippen LogP contribution in [0.15, 0.2) is 48.0 Å². The highest BCUT2D eigenvalue weighted by atomic mass is 19.2. The lowest BCUT2D eigenvalue weighted by Gasteiger charge is -2.40. The molecule has 0 saturated carbocycles. The van der Waals surface area contributed by atoms with Crippen LogP contribution in [0.4, 0.5) is 14.6 Å². The summed E-state index contributed by atoms with van der Waals surface area (Å²) in [5.41, 5.74) is 3.69. The molecule has 210 valence electrons. The number of hydrogen-bond donors (Lipinski definition) is 0. The topological polar surface area (TPSA) is 80.6 Å². The maximum Gasteiger partial charge on any atom is 0.354 e. The van der Waals surface area contributed by atoms with Gasteiger partial charge in [-0.2, -0.15) is 4.98 Å². The number of halogens is 2. The summed E-state index contributed by atoms with van der Waals surface area (Å²) in [6, 6.07) is 4.31. The third-order valence-corrected chi connectivity index (χ3v) is 8.01. The zero-order valence-electron chi connectivity index (χ0n) is 23.3. The van der Waals surface area contributed by atoms with Crippen molar-refractivity contribution in [2.75, 3.05) is 24.5 Å². The minimum absolute atomic E-state index is 0.0109. The van der Waals surface area contributed by atoms with E-state index < -0.39 is 17.3 Å². The van der Waals surface area contributed by atoms with Gasteiger partial charge in [0.1, 0.15) is 17.9 Å². The van der Waals surface area contributed by atoms with Crippen LogP contribution in [0.3, 0.4) is 0 Å². The highest BCUT2D eigenvalue weighted by Crippen LogP contribution is 2.47. The van der Waals surface area contributed by atoms with Crippen LogP contribution in [-0.4, -0.2) is 51.0 Å². The molecule has 2 aliphatic rings. The number of amides is 1. The number of ether oxygens (including phenoxy) is 1. The van der Waals surface area contributed by atoms with Gasteiger partial charge in [0.25, 0.3) is 0 Å². The maximum absolute atomic E-state index is 15.4. The maximum atomic E-state index is 15.4. The first kappa shape index (κ1) is 26.6. The molecular formula is C31H29F2N5O3. The Bertz CT molecular complexity index is 1810. The Balaban J connectivity index is 1.69. The molecule has 0 aliphatic carbocycles. The van der Waals surface area contributed by atoms with E-state index in [9.17, 15) is 14.0 Å². The second-order valence-corrected chi connectivity index (χ2v) is 10.7. The number of rotatable bonds is 3. The van der Waals surface area contributed by atoms with Crippen LogP contribution in [0.5, 0.6) is 5.75 Å². The molecule has 1 amide bonds. The predicted molar refractivity (Wildman–Crippen MR) is 153 cm³/mol. The van der Waals surface area contributed by atoms with Crippen molar-refractivity contribution in [1.29, 1.82) is 0 Å². The summed E-state index contributed by atoms with van der Waals surface area (Å²) in [7, 11) is 0. The number of anilines is 1. The van der Waals surface area contributed by atoms with Crippen LogP contribution >= 0.6 is 0 Å². The van der Waals surface area contributed by atoms with Gasteiger partial charge in [-0.05, 0) is 62.6 Å². The number of carbonyl (C=O) groups is 1. The molecule has 2 aromatic carbocycles. The zero-order chi connectivity index (χ0) is 29.2. The van der Waals surface area contributed by atoms with E-state index >= 15 is 4.39 Å². The van der Waals surface area contributed by atoms with Crippen molar-refractivity contribution in [2.24, 2.45) is 0 Å². The Morgan fingerprint density at radius 2 is 1.83 bits per heavy atom. The third-order valence-electron chi connectivity index (χ3n) is 8.01. The van der Waals surface area contributed by atoms with Crippen LogP contribution in [0, 0.1) is 32.4 Å². The van der Waals surface area contributed by atoms with E-state index in [1.54, 1.807) is 17.3 Å². The lowest BCUT2D eigenvalue weighted by Crippen LogP contribution is -2.54. The van der Waals surface area contributed by atoms with Gasteiger partial charge in [0.15, 0.2) is 17.4 Å². The molecule has 10 heteroatoms. The number of aryl methyl sites for hydroxylation is 3. The second kappa shape index (κ2) is 9.79. The highest BCUT2D eigenvalue weighted by Gasteiger charge is 2.33. The summed E-state index contributed by atoms with van der Waals surface area (Å²) in [5.74, 6) is -1.32. The Kier molecular flexibility index (Phi) is 6.36. The summed E-state index contributed by atoms with van der Waals surface area (Å²) in [4.78, 5) is 38.9. The van der Waals surface area contributed by atoms with Crippen LogP contribution in [0.2, 0.25) is 0 Å². The molecule has 8 nitrogen and oxygen atoms in total. The average Bonchev–Trinajstić information content (AvgIpc) is 2.95. The monoisotopic (exact) mass is 557 g/mol. The largest absolute Gasteiger partial charge is 0.486 e. The minimum Gasteiger partial charge on any atom is -0.486 e. The first-order valence-electron chi connectivity index (χ1n) is 13.4. The van der Waals surface area contributed by atoms with E-state index in [2.05, 4.69) is 16.5 Å². The molecule has 0 spiro atoms. The average molecular weight is 558 g/mol. The Labute approximate surface area is 235 Å². The first-order chi connectivity index (χ1) is 19.6. The summed E-state index contributed by atoms with van der Waals surface area (Å²) < 4.78 is 37.6. The van der Waals surface area contributed by atoms with E-state index in [-0.39, 0.29) is 24.1 Å². The highest BCUT2D eigenvalue weighted by molar-refractivity contribution is 6.02. The number of pyridine rings is 1. The standard InChI is InChI=1S/C31H29F2N5O3/c1-6-23(39)36-9-10-37(19(5)14-36)30-21-11-16(2)24-25-20(7-8-22(32)26(25)33)15-41-29(24)28(21)38(31(40)35-30)27-17(3)12-34-13-18(27)4/h6-8,11-13,19H,1,9-10,14-15H2,2-5H3/t19-/m0/s1. The number of nitrogens with zero attached hydrogens (tertiary/aromatic N) is 5. The quantitative estimate of drug-likeness (QED) is 0.338. The molecule has 41 heavy (non-hydrogen) atoms. The molecule has 4 heterocycles. The van der Waals surface area contributed by atoms with Crippen molar-refractivity contribution in [3.63, 3.8) is 0 Å². The van der Waals surface area contributed by atoms with Gasteiger partial charge in [0.2, 0.25) is 5.91 Å². The molecule has 2 aliphatic heterocycles. The van der Waals surface area contributed by atoms with E-state index in [1.165, 1.54) is 16.7 Å². The van der Waals surface area contributed by atoms with E-state index in [0.717, 1.165) is 17.2 Å². The predicted octanol–water partition coefficient (Wildman–Crippen LogP) is 4.77. The molecule has 0 unspecified atom stereocenters. The van der Waals surface area contributed by atoms with Gasteiger partial charge in [-0.1, -0.05) is 12.6 Å². The summed E-state index contributed by atoms with van der Waals surface area (Å²) >= 11 is 0. The smallest absolute Gasteiger partial charge is 0.354 e. The van der Waals surface area contributed by atoms with Crippen LogP contribution in [-0.2, 0) is 11.4 Å². The number of aromatic nitrogens is 3. The molecule has 2 aromatic heterocycles. The van der Waals surface area contributed by atoms with Gasteiger partial charge >= 0.3 is 5.69 Å². The van der Waals surface area contributed by atoms with Crippen LogP contribution in [0.25, 0.3) is 27.7 Å². The summed E-state index contributed by atoms with van der Waals surface area (Å²) in [5, 5.41) is 0.632. The minimum atomic E-state index is -0.953. The fourth-order valence-corrected chi connectivity index (χ4v) is 6.12. The molecular weight excluding hydrogens is 528 g/mol. The number of benzene rings is 2. The summed E-state index contributed by atoms with van der Waals surface area (Å²) in [6.45, 7) is 12.4. The Morgan fingerprint density at radius 3 is 2.51 bits per heavy atom. The molecule has 6 rings (SSSR count). The van der Waals surface area contributed by atoms with Crippen molar-refractivity contribution in [3.8, 4) is 22.6 Å². The zero-order valence-corrected chi connectivity index (χ0v) is 23.3. The molecule has 0 N–H and O–H groups in total. The fraction of sp³-hybridized carbons (Fsp3) is 0.290. The van der Waals surface area contributed by atoms with Crippen molar-refractivity contribution < 1.29 is 18.3 Å². The number of hydrogen-bond acceptors (Lipinski definition) is 6. The van der Waals surface area contributed by atoms with Gasteiger partial charge in [0, 0.05) is 60.1 Å². The first-order valence-corrected chi connectivity index (χ1v) is 13.4. The fourth-order valence-electron chi connectivity index (χ4n) is 6.12. The number of piperazine rings is 1. The Morgan fingerprint density at radius 1 is 1.10 bits per heavy atom. The van der Waals surface area contributed by atoms with Crippen LogP contribution in [0.1, 0.15) is 29.2 Å². The molecule has 0 bridgehead atoms. The van der Waals surface area contributed by atoms with Gasteiger partial charge in [-0.25, -0.2) is 13.6 Å². The second-order valence-electron chi connectivity index (χ2n) is 10.7. The Hall–Kier alpha value is -4.60. The molecule has 0 radical (unpaired) electrons. The van der Waals surface area contributed by atoms with Gasteiger partial charge in [0.05, 0.1) is 5.69 Å². The number of fused-ring (bicyclic) bond motifs is 5. The molecule has 1 saturated heterocycles. The SMILES string of the molecule is C=CC(=O)N1CCN(c2nc(=O)n(-c3c(C)cncc3C)c3c4c(c(C)cc23)-c2c(ccc(F)c2F)CO4)[C@@H](C)C1. The molecule has 4 aromatic rings. The van der Waals surface area contributed by atoms with Crippen molar-refractivity contribution in [3.05, 3.63) is 87.6 Å². The van der Waals surface area contributed by atoms with E-state index in [0.29, 0.717) is 64.5 Å². The summed E-state index contributed by atoms with van der Waals surface area (Å²) in [6.07, 6.45) is 4.62. The third kappa shape index (κ3) is 4.08. The normalized spacial score (nSPS) is 16.3. The van der Waals surface area contributed by atoms with Gasteiger partial charge in [-0.15, -0.1) is 0 Å². The molecule has 1 fully saturated rings. The van der Waals surface area contributed by atoms with Crippen molar-refractivity contribution in [1.82, 2.24) is 19.4 Å². The van der Waals surface area contributed by atoms with Crippen molar-refractivity contribution in [2.45, 2.75) is 40.3 Å². The van der Waals surface area contributed by atoms with Crippen LogP contribution < -0.4 is 15.3 Å². The lowest BCUT2D eigenvalue weighted by atomic mass is 9.90. The lowest BCUT2D eigenvalue weighted by molar-refractivity contribution is -0.126. The van der Waals surface area contributed by atoms with E-state index in [1.807, 2.05) is 38.7 Å². The number of carbonyl (C=O) groups excluding carboxylic acids is 1. The van der Waals surface area contributed by atoms with Gasteiger partial charge in [-0.3, -0.25) is 14.3 Å².